The van der Waals surface area contributed by atoms with Crippen LogP contribution in [0.15, 0.2) is 0 Å². The zero-order valence-corrected chi connectivity index (χ0v) is 12.5. The molecule has 0 radical (unpaired) electrons. The highest BCUT2D eigenvalue weighted by Crippen LogP contribution is 2.22. The molecule has 2 N–H and O–H groups in total. The van der Waals surface area contributed by atoms with E-state index in [0.717, 1.165) is 26.1 Å². The molecule has 1 rings (SSSR count). The number of rotatable bonds is 8. The maximum Gasteiger partial charge on any atom is 0.221 e. The number of hydrogen-bond donors (Lipinski definition) is 2. The van der Waals surface area contributed by atoms with Gasteiger partial charge in [0, 0.05) is 26.1 Å². The van der Waals surface area contributed by atoms with Crippen molar-refractivity contribution in [1.29, 1.82) is 0 Å². The molecule has 1 aliphatic rings. The van der Waals surface area contributed by atoms with E-state index >= 15 is 0 Å². The standard InChI is InChI=1S/C15H30N2O2/c1-13(18)8-10-17(2)11-9-15(19)16-12-14-6-4-3-5-7-14/h13-14,18H,3-12H2,1-2H3,(H,16,19). The van der Waals surface area contributed by atoms with Gasteiger partial charge in [0.25, 0.3) is 0 Å². The predicted molar refractivity (Wildman–Crippen MR) is 78.0 cm³/mol. The summed E-state index contributed by atoms with van der Waals surface area (Å²) in [7, 11) is 2.00. The van der Waals surface area contributed by atoms with Crippen LogP contribution in [-0.4, -0.2) is 48.7 Å². The van der Waals surface area contributed by atoms with E-state index in [4.69, 9.17) is 0 Å². The van der Waals surface area contributed by atoms with E-state index in [1.54, 1.807) is 6.92 Å². The Morgan fingerprint density at radius 3 is 2.63 bits per heavy atom. The normalized spacial score (nSPS) is 18.5. The lowest BCUT2D eigenvalue weighted by molar-refractivity contribution is -0.121. The summed E-state index contributed by atoms with van der Waals surface area (Å²) in [5.74, 6) is 0.861. The summed E-state index contributed by atoms with van der Waals surface area (Å²) in [6.45, 7) is 4.26. The van der Waals surface area contributed by atoms with E-state index in [2.05, 4.69) is 10.2 Å². The quantitative estimate of drug-likeness (QED) is 0.707. The molecule has 0 aromatic heterocycles. The first kappa shape index (κ1) is 16.4. The number of nitrogens with one attached hydrogen (secondary N) is 1. The molecule has 4 nitrogen and oxygen atoms in total. The number of carbonyl (C=O) groups is 1. The molecule has 1 fully saturated rings. The summed E-state index contributed by atoms with van der Waals surface area (Å²) in [6.07, 6.45) is 7.61. The largest absolute Gasteiger partial charge is 0.393 e. The van der Waals surface area contributed by atoms with Gasteiger partial charge in [0.15, 0.2) is 0 Å². The molecule has 4 heteroatoms. The van der Waals surface area contributed by atoms with Crippen molar-refractivity contribution in [2.45, 2.75) is 58.0 Å². The summed E-state index contributed by atoms with van der Waals surface area (Å²) < 4.78 is 0. The van der Waals surface area contributed by atoms with Crippen LogP contribution in [0.2, 0.25) is 0 Å². The van der Waals surface area contributed by atoms with E-state index in [1.807, 2.05) is 7.05 Å². The van der Waals surface area contributed by atoms with Crippen LogP contribution in [0.25, 0.3) is 0 Å². The maximum atomic E-state index is 11.7. The summed E-state index contributed by atoms with van der Waals surface area (Å²) in [4.78, 5) is 13.8. The van der Waals surface area contributed by atoms with E-state index in [-0.39, 0.29) is 12.0 Å². The first-order chi connectivity index (χ1) is 9.08. The molecule has 1 unspecified atom stereocenters. The fraction of sp³-hybridized carbons (Fsp3) is 0.933. The first-order valence-electron chi connectivity index (χ1n) is 7.71. The predicted octanol–water partition coefficient (Wildman–Crippen LogP) is 1.78. The van der Waals surface area contributed by atoms with Crippen LogP contribution in [-0.2, 0) is 4.79 Å². The van der Waals surface area contributed by atoms with Crippen LogP contribution in [0.1, 0.15) is 51.9 Å². The highest BCUT2D eigenvalue weighted by atomic mass is 16.3. The number of aliphatic hydroxyl groups is 1. The summed E-state index contributed by atoms with van der Waals surface area (Å²) >= 11 is 0. The fourth-order valence-corrected chi connectivity index (χ4v) is 2.55. The molecule has 0 aromatic carbocycles. The minimum absolute atomic E-state index is 0.162. The molecular formula is C15H30N2O2. The molecule has 1 atom stereocenters. The number of hydrogen-bond acceptors (Lipinski definition) is 3. The second-order valence-electron chi connectivity index (χ2n) is 6.00. The smallest absolute Gasteiger partial charge is 0.221 e. The average Bonchev–Trinajstić information content (AvgIpc) is 2.41. The minimum Gasteiger partial charge on any atom is -0.393 e. The third-order valence-corrected chi connectivity index (χ3v) is 3.96. The Hall–Kier alpha value is -0.610. The van der Waals surface area contributed by atoms with Gasteiger partial charge in [-0.05, 0) is 39.2 Å². The lowest BCUT2D eigenvalue weighted by Crippen LogP contribution is -2.33. The molecule has 1 saturated carbocycles. The molecule has 1 aliphatic carbocycles. The maximum absolute atomic E-state index is 11.7. The summed E-state index contributed by atoms with van der Waals surface area (Å²) in [6, 6.07) is 0. The number of amides is 1. The highest BCUT2D eigenvalue weighted by Gasteiger charge is 2.14. The van der Waals surface area contributed by atoms with Crippen molar-refractivity contribution in [3.8, 4) is 0 Å². The second kappa shape index (κ2) is 9.32. The van der Waals surface area contributed by atoms with Crippen LogP contribution in [0.4, 0.5) is 0 Å². The molecule has 0 spiro atoms. The van der Waals surface area contributed by atoms with Gasteiger partial charge in [-0.15, -0.1) is 0 Å². The molecule has 19 heavy (non-hydrogen) atoms. The second-order valence-corrected chi connectivity index (χ2v) is 6.00. The Balaban J connectivity index is 2.03. The molecule has 0 saturated heterocycles. The van der Waals surface area contributed by atoms with Crippen molar-refractivity contribution in [1.82, 2.24) is 10.2 Å². The zero-order chi connectivity index (χ0) is 14.1. The van der Waals surface area contributed by atoms with Gasteiger partial charge in [-0.1, -0.05) is 19.3 Å². The fourth-order valence-electron chi connectivity index (χ4n) is 2.55. The highest BCUT2D eigenvalue weighted by molar-refractivity contribution is 5.76. The molecule has 112 valence electrons. The van der Waals surface area contributed by atoms with Gasteiger partial charge < -0.3 is 15.3 Å². The van der Waals surface area contributed by atoms with Gasteiger partial charge in [0.1, 0.15) is 0 Å². The molecule has 1 amide bonds. The Bertz CT molecular complexity index is 251. The van der Waals surface area contributed by atoms with Crippen molar-refractivity contribution in [2.75, 3.05) is 26.7 Å². The van der Waals surface area contributed by atoms with Crippen LogP contribution >= 0.6 is 0 Å². The average molecular weight is 270 g/mol. The Labute approximate surface area is 117 Å². The van der Waals surface area contributed by atoms with Gasteiger partial charge in [0.05, 0.1) is 6.10 Å². The van der Waals surface area contributed by atoms with Gasteiger partial charge in [-0.3, -0.25) is 4.79 Å². The summed E-state index contributed by atoms with van der Waals surface area (Å²) in [5, 5.41) is 12.3. The van der Waals surface area contributed by atoms with Crippen molar-refractivity contribution >= 4 is 5.91 Å². The Kier molecular flexibility index (Phi) is 8.07. The molecular weight excluding hydrogens is 240 g/mol. The van der Waals surface area contributed by atoms with Crippen molar-refractivity contribution in [3.63, 3.8) is 0 Å². The number of carbonyl (C=O) groups excluding carboxylic acids is 1. The lowest BCUT2D eigenvalue weighted by Gasteiger charge is -2.22. The third-order valence-electron chi connectivity index (χ3n) is 3.96. The lowest BCUT2D eigenvalue weighted by atomic mass is 9.89. The first-order valence-corrected chi connectivity index (χ1v) is 7.71. The topological polar surface area (TPSA) is 52.6 Å². The van der Waals surface area contributed by atoms with E-state index < -0.39 is 0 Å². The number of nitrogens with zero attached hydrogens (tertiary/aromatic N) is 1. The van der Waals surface area contributed by atoms with Gasteiger partial charge >= 0.3 is 0 Å². The van der Waals surface area contributed by atoms with Crippen molar-refractivity contribution in [2.24, 2.45) is 5.92 Å². The van der Waals surface area contributed by atoms with Crippen molar-refractivity contribution < 1.29 is 9.90 Å². The van der Waals surface area contributed by atoms with Gasteiger partial charge in [0.2, 0.25) is 5.91 Å². The van der Waals surface area contributed by atoms with Crippen molar-refractivity contribution in [3.05, 3.63) is 0 Å². The Morgan fingerprint density at radius 2 is 2.00 bits per heavy atom. The molecule has 0 heterocycles. The minimum atomic E-state index is -0.262. The van der Waals surface area contributed by atoms with Crippen LogP contribution < -0.4 is 5.32 Å². The van der Waals surface area contributed by atoms with E-state index in [0.29, 0.717) is 12.3 Å². The molecule has 0 aliphatic heterocycles. The number of aliphatic hydroxyl groups excluding tert-OH is 1. The zero-order valence-electron chi connectivity index (χ0n) is 12.5. The third kappa shape index (κ3) is 8.22. The van der Waals surface area contributed by atoms with Crippen LogP contribution in [0.3, 0.4) is 0 Å². The molecule has 0 bridgehead atoms. The van der Waals surface area contributed by atoms with Gasteiger partial charge in [-0.2, -0.15) is 0 Å². The molecule has 0 aromatic rings. The SMILES string of the molecule is CC(O)CCN(C)CCC(=O)NCC1CCCCC1. The van der Waals surface area contributed by atoms with E-state index in [9.17, 15) is 9.90 Å². The monoisotopic (exact) mass is 270 g/mol. The van der Waals surface area contributed by atoms with Crippen LogP contribution in [0, 0.1) is 5.92 Å². The van der Waals surface area contributed by atoms with Crippen LogP contribution in [0.5, 0.6) is 0 Å². The summed E-state index contributed by atoms with van der Waals surface area (Å²) in [5.41, 5.74) is 0. The van der Waals surface area contributed by atoms with Gasteiger partial charge in [-0.25, -0.2) is 0 Å². The Morgan fingerprint density at radius 1 is 1.32 bits per heavy atom. The van der Waals surface area contributed by atoms with E-state index in [1.165, 1.54) is 32.1 Å².